The van der Waals surface area contributed by atoms with Gasteiger partial charge in [-0.2, -0.15) is 0 Å². The number of hydrogen-bond donors (Lipinski definition) is 0. The second-order valence-electron chi connectivity index (χ2n) is 7.86. The largest absolute Gasteiger partial charge is 0.342 e. The molecule has 4 heteroatoms. The van der Waals surface area contributed by atoms with Crippen LogP contribution in [0.4, 0.5) is 0 Å². The lowest BCUT2D eigenvalue weighted by Crippen LogP contribution is -2.46. The Kier molecular flexibility index (Phi) is 4.66. The van der Waals surface area contributed by atoms with Crippen LogP contribution < -0.4 is 0 Å². The smallest absolute Gasteiger partial charge is 0.228 e. The first-order valence-electron chi connectivity index (χ1n) is 8.97. The molecule has 4 unspecified atom stereocenters. The van der Waals surface area contributed by atoms with Gasteiger partial charge < -0.3 is 9.80 Å². The van der Waals surface area contributed by atoms with E-state index in [9.17, 15) is 9.59 Å². The maximum atomic E-state index is 13.2. The normalized spacial score (nSPS) is 30.8. The van der Waals surface area contributed by atoms with Gasteiger partial charge in [-0.1, -0.05) is 43.7 Å². The molecule has 0 radical (unpaired) electrons. The summed E-state index contributed by atoms with van der Waals surface area (Å²) in [4.78, 5) is 29.2. The molecule has 0 bridgehead atoms. The molecule has 24 heavy (non-hydrogen) atoms. The Labute approximate surface area is 144 Å². The molecule has 2 amide bonds. The number of piperidine rings is 1. The molecule has 4 nitrogen and oxygen atoms in total. The van der Waals surface area contributed by atoms with Crippen LogP contribution in [0.1, 0.15) is 43.9 Å². The molecule has 3 rings (SSSR count). The number of amides is 2. The molecular weight excluding hydrogens is 300 g/mol. The highest BCUT2D eigenvalue weighted by atomic mass is 16.2. The van der Waals surface area contributed by atoms with Crippen molar-refractivity contribution in [1.29, 1.82) is 0 Å². The third-order valence-electron chi connectivity index (χ3n) is 5.50. The number of likely N-dealkylation sites (tertiary alicyclic amines) is 2. The van der Waals surface area contributed by atoms with E-state index in [4.69, 9.17) is 0 Å². The molecule has 0 aromatic heterocycles. The number of carbonyl (C=O) groups is 2. The quantitative estimate of drug-likeness (QED) is 0.837. The van der Waals surface area contributed by atoms with Crippen LogP contribution in [-0.4, -0.2) is 41.8 Å². The molecule has 0 aliphatic carbocycles. The van der Waals surface area contributed by atoms with Crippen molar-refractivity contribution in [2.24, 2.45) is 17.8 Å². The van der Waals surface area contributed by atoms with Crippen molar-refractivity contribution < 1.29 is 9.59 Å². The van der Waals surface area contributed by atoms with E-state index in [0.29, 0.717) is 18.3 Å². The predicted molar refractivity (Wildman–Crippen MR) is 94.3 cm³/mol. The van der Waals surface area contributed by atoms with Gasteiger partial charge in [0.15, 0.2) is 0 Å². The molecule has 1 aromatic carbocycles. The van der Waals surface area contributed by atoms with Crippen LogP contribution in [0.2, 0.25) is 0 Å². The first-order chi connectivity index (χ1) is 11.4. The lowest BCUT2D eigenvalue weighted by molar-refractivity contribution is -0.139. The van der Waals surface area contributed by atoms with Gasteiger partial charge in [-0.15, -0.1) is 0 Å². The summed E-state index contributed by atoms with van der Waals surface area (Å²) in [6.45, 7) is 8.10. The van der Waals surface area contributed by atoms with E-state index in [2.05, 4.69) is 38.1 Å². The van der Waals surface area contributed by atoms with Crippen molar-refractivity contribution in [3.8, 4) is 0 Å². The first kappa shape index (κ1) is 17.0. The van der Waals surface area contributed by atoms with Crippen LogP contribution in [0.25, 0.3) is 0 Å². The molecule has 2 fully saturated rings. The summed E-state index contributed by atoms with van der Waals surface area (Å²) in [7, 11) is 1.82. The van der Waals surface area contributed by atoms with E-state index in [-0.39, 0.29) is 23.8 Å². The Bertz CT molecular complexity index is 615. The molecule has 0 spiro atoms. The summed E-state index contributed by atoms with van der Waals surface area (Å²) in [5, 5.41) is 0. The molecule has 2 heterocycles. The van der Waals surface area contributed by atoms with Gasteiger partial charge in [0, 0.05) is 26.6 Å². The molecule has 4 atom stereocenters. The Morgan fingerprint density at radius 2 is 1.67 bits per heavy atom. The minimum Gasteiger partial charge on any atom is -0.342 e. The van der Waals surface area contributed by atoms with Crippen LogP contribution in [0, 0.1) is 24.7 Å². The average Bonchev–Trinajstić information content (AvgIpc) is 2.82. The van der Waals surface area contributed by atoms with Gasteiger partial charge in [0.05, 0.1) is 12.0 Å². The highest BCUT2D eigenvalue weighted by Crippen LogP contribution is 2.39. The molecule has 130 valence electrons. The van der Waals surface area contributed by atoms with Crippen LogP contribution in [0.15, 0.2) is 24.3 Å². The van der Waals surface area contributed by atoms with E-state index in [1.165, 1.54) is 12.0 Å². The zero-order chi connectivity index (χ0) is 17.4. The van der Waals surface area contributed by atoms with Crippen LogP contribution in [0.3, 0.4) is 0 Å². The van der Waals surface area contributed by atoms with Gasteiger partial charge >= 0.3 is 0 Å². The number of benzene rings is 1. The Balaban J connectivity index is 1.85. The lowest BCUT2D eigenvalue weighted by atomic mass is 9.88. The van der Waals surface area contributed by atoms with E-state index in [1.807, 2.05) is 18.9 Å². The SMILES string of the molecule is Cc1ccc(C2C(C(=O)N3CC(C)CC(C)C3)CC(=O)N2C)cc1. The Morgan fingerprint density at radius 3 is 2.25 bits per heavy atom. The van der Waals surface area contributed by atoms with Crippen molar-refractivity contribution in [3.05, 3.63) is 35.4 Å². The highest BCUT2D eigenvalue weighted by molar-refractivity contribution is 5.90. The molecule has 0 N–H and O–H groups in total. The third kappa shape index (κ3) is 3.19. The molecule has 0 saturated carbocycles. The van der Waals surface area contributed by atoms with Gasteiger partial charge in [-0.25, -0.2) is 0 Å². The van der Waals surface area contributed by atoms with Crippen molar-refractivity contribution in [2.75, 3.05) is 20.1 Å². The molecule has 2 saturated heterocycles. The zero-order valence-corrected chi connectivity index (χ0v) is 15.2. The zero-order valence-electron chi connectivity index (χ0n) is 15.2. The van der Waals surface area contributed by atoms with Gasteiger partial charge in [-0.3, -0.25) is 9.59 Å². The predicted octanol–water partition coefficient (Wildman–Crippen LogP) is 3.02. The van der Waals surface area contributed by atoms with Crippen LogP contribution >= 0.6 is 0 Å². The highest BCUT2D eigenvalue weighted by Gasteiger charge is 2.44. The van der Waals surface area contributed by atoms with Gasteiger partial charge in [0.1, 0.15) is 0 Å². The van der Waals surface area contributed by atoms with Crippen molar-refractivity contribution in [3.63, 3.8) is 0 Å². The topological polar surface area (TPSA) is 40.6 Å². The second-order valence-corrected chi connectivity index (χ2v) is 7.86. The minimum absolute atomic E-state index is 0.0667. The van der Waals surface area contributed by atoms with E-state index < -0.39 is 0 Å². The van der Waals surface area contributed by atoms with Crippen LogP contribution in [0.5, 0.6) is 0 Å². The Morgan fingerprint density at radius 1 is 1.08 bits per heavy atom. The summed E-state index contributed by atoms with van der Waals surface area (Å²) in [6, 6.07) is 8.07. The molecular formula is C20H28N2O2. The van der Waals surface area contributed by atoms with Crippen LogP contribution in [-0.2, 0) is 9.59 Å². The fourth-order valence-electron chi connectivity index (χ4n) is 4.39. The number of nitrogens with zero attached hydrogens (tertiary/aromatic N) is 2. The van der Waals surface area contributed by atoms with Gasteiger partial charge in [-0.05, 0) is 30.7 Å². The molecule has 1 aromatic rings. The Hall–Kier alpha value is -1.84. The standard InChI is InChI=1S/C20H28N2O2/c1-13-5-7-16(8-6-13)19-17(10-18(23)21(19)4)20(24)22-11-14(2)9-15(3)12-22/h5-8,14-15,17,19H,9-12H2,1-4H3. The number of rotatable bonds is 2. The van der Waals surface area contributed by atoms with E-state index in [0.717, 1.165) is 18.7 Å². The number of carbonyl (C=O) groups excluding carboxylic acids is 2. The minimum atomic E-state index is -0.261. The van der Waals surface area contributed by atoms with E-state index >= 15 is 0 Å². The van der Waals surface area contributed by atoms with Crippen molar-refractivity contribution >= 4 is 11.8 Å². The fraction of sp³-hybridized carbons (Fsp3) is 0.600. The fourth-order valence-corrected chi connectivity index (χ4v) is 4.39. The van der Waals surface area contributed by atoms with Crippen molar-refractivity contribution in [1.82, 2.24) is 9.80 Å². The summed E-state index contributed by atoms with van der Waals surface area (Å²) < 4.78 is 0. The van der Waals surface area contributed by atoms with Crippen molar-refractivity contribution in [2.45, 2.75) is 39.7 Å². The number of hydrogen-bond acceptors (Lipinski definition) is 2. The third-order valence-corrected chi connectivity index (χ3v) is 5.50. The van der Waals surface area contributed by atoms with Gasteiger partial charge in [0.25, 0.3) is 0 Å². The summed E-state index contributed by atoms with van der Waals surface area (Å²) in [5.41, 5.74) is 2.25. The van der Waals surface area contributed by atoms with Gasteiger partial charge in [0.2, 0.25) is 11.8 Å². The number of aryl methyl sites for hydroxylation is 1. The molecule has 2 aliphatic heterocycles. The summed E-state index contributed by atoms with van der Waals surface area (Å²) in [6.07, 6.45) is 1.50. The summed E-state index contributed by atoms with van der Waals surface area (Å²) in [5.74, 6) is 1.02. The average molecular weight is 328 g/mol. The second kappa shape index (κ2) is 6.58. The molecule has 2 aliphatic rings. The van der Waals surface area contributed by atoms with E-state index in [1.54, 1.807) is 4.90 Å². The maximum absolute atomic E-state index is 13.2. The summed E-state index contributed by atoms with van der Waals surface area (Å²) >= 11 is 0. The maximum Gasteiger partial charge on any atom is 0.228 e. The monoisotopic (exact) mass is 328 g/mol. The lowest BCUT2D eigenvalue weighted by Gasteiger charge is -2.37. The first-order valence-corrected chi connectivity index (χ1v) is 8.97.